The number of nitrogens with zero attached hydrogens (tertiary/aromatic N) is 1. The van der Waals surface area contributed by atoms with Crippen LogP contribution in [0.2, 0.25) is 0 Å². The van der Waals surface area contributed by atoms with Crippen LogP contribution in [0.25, 0.3) is 0 Å². The molecule has 0 N–H and O–H groups in total. The number of ether oxygens (including phenoxy) is 1. The van der Waals surface area contributed by atoms with Gasteiger partial charge in [0.15, 0.2) is 0 Å². The SMILES string of the molecule is COC(=O)CC(C)(C)CC(=O)ON1C(=O)CCC1=O. The summed E-state index contributed by atoms with van der Waals surface area (Å²) in [6.45, 7) is 3.39. The zero-order chi connectivity index (χ0) is 14.6. The molecule has 0 bridgehead atoms. The van der Waals surface area contributed by atoms with Crippen LogP contribution >= 0.6 is 0 Å². The third kappa shape index (κ3) is 4.35. The predicted octanol–water partition coefficient (Wildman–Crippen LogP) is 0.573. The lowest BCUT2D eigenvalue weighted by Crippen LogP contribution is -2.34. The van der Waals surface area contributed by atoms with E-state index in [1.807, 2.05) is 0 Å². The average Bonchev–Trinajstić information content (AvgIpc) is 2.59. The summed E-state index contributed by atoms with van der Waals surface area (Å²) in [7, 11) is 1.26. The lowest BCUT2D eigenvalue weighted by atomic mass is 9.86. The lowest BCUT2D eigenvalue weighted by molar-refractivity contribution is -0.199. The van der Waals surface area contributed by atoms with Crippen LogP contribution in [0.5, 0.6) is 0 Å². The second kappa shape index (κ2) is 5.81. The van der Waals surface area contributed by atoms with Crippen molar-refractivity contribution in [2.24, 2.45) is 5.41 Å². The van der Waals surface area contributed by atoms with Gasteiger partial charge < -0.3 is 9.57 Å². The molecule has 0 aromatic rings. The molecule has 1 saturated heterocycles. The topological polar surface area (TPSA) is 90.0 Å². The van der Waals surface area contributed by atoms with Crippen LogP contribution in [0.15, 0.2) is 0 Å². The summed E-state index contributed by atoms with van der Waals surface area (Å²) in [5.41, 5.74) is -0.671. The number of hydrogen-bond acceptors (Lipinski definition) is 6. The molecule has 1 fully saturated rings. The number of carbonyl (C=O) groups is 4. The van der Waals surface area contributed by atoms with Crippen molar-refractivity contribution in [3.8, 4) is 0 Å². The van der Waals surface area contributed by atoms with Crippen molar-refractivity contribution in [2.75, 3.05) is 7.11 Å². The predicted molar refractivity (Wildman–Crippen MR) is 62.2 cm³/mol. The fourth-order valence-corrected chi connectivity index (χ4v) is 1.71. The highest BCUT2D eigenvalue weighted by Crippen LogP contribution is 2.26. The fourth-order valence-electron chi connectivity index (χ4n) is 1.71. The standard InChI is InChI=1S/C12H17NO6/c1-12(2,6-10(16)18-3)7-11(17)19-13-8(14)4-5-9(13)15/h4-7H2,1-3H3. The number of carbonyl (C=O) groups excluding carboxylic acids is 4. The molecule has 0 aromatic heterocycles. The van der Waals surface area contributed by atoms with Crippen LogP contribution in [0.3, 0.4) is 0 Å². The first-order valence-electron chi connectivity index (χ1n) is 5.88. The molecule has 19 heavy (non-hydrogen) atoms. The van der Waals surface area contributed by atoms with Gasteiger partial charge >= 0.3 is 11.9 Å². The molecular weight excluding hydrogens is 254 g/mol. The quantitative estimate of drug-likeness (QED) is 0.536. The van der Waals surface area contributed by atoms with Crippen molar-refractivity contribution in [3.05, 3.63) is 0 Å². The van der Waals surface area contributed by atoms with E-state index in [-0.39, 0.29) is 25.7 Å². The minimum atomic E-state index is -0.725. The smallest absolute Gasteiger partial charge is 0.333 e. The van der Waals surface area contributed by atoms with Crippen molar-refractivity contribution in [2.45, 2.75) is 39.5 Å². The van der Waals surface area contributed by atoms with E-state index in [0.29, 0.717) is 5.06 Å². The summed E-state index contributed by atoms with van der Waals surface area (Å²) in [6.07, 6.45) is 0.0506. The van der Waals surface area contributed by atoms with Gasteiger partial charge in [-0.2, -0.15) is 0 Å². The molecule has 0 atom stereocenters. The molecule has 7 heteroatoms. The van der Waals surface area contributed by atoms with Crippen molar-refractivity contribution in [1.29, 1.82) is 0 Å². The van der Waals surface area contributed by atoms with Gasteiger partial charge in [0.2, 0.25) is 0 Å². The van der Waals surface area contributed by atoms with Gasteiger partial charge in [-0.1, -0.05) is 13.8 Å². The van der Waals surface area contributed by atoms with Crippen LogP contribution in [0.1, 0.15) is 39.5 Å². The first-order valence-corrected chi connectivity index (χ1v) is 5.88. The monoisotopic (exact) mass is 271 g/mol. The van der Waals surface area contributed by atoms with Crippen LogP contribution < -0.4 is 0 Å². The Labute approximate surface area is 110 Å². The Morgan fingerprint density at radius 2 is 1.58 bits per heavy atom. The first kappa shape index (κ1) is 15.1. The van der Waals surface area contributed by atoms with Crippen molar-refractivity contribution < 1.29 is 28.8 Å². The number of rotatable bonds is 5. The Balaban J connectivity index is 2.52. The summed E-state index contributed by atoms with van der Waals surface area (Å²) in [5, 5.41) is 0.497. The third-order valence-electron chi connectivity index (χ3n) is 2.67. The minimum absolute atomic E-state index is 0.0422. The number of esters is 1. The minimum Gasteiger partial charge on any atom is -0.469 e. The average molecular weight is 271 g/mol. The summed E-state index contributed by atoms with van der Waals surface area (Å²) in [6, 6.07) is 0. The Morgan fingerprint density at radius 3 is 2.05 bits per heavy atom. The van der Waals surface area contributed by atoms with Crippen molar-refractivity contribution in [1.82, 2.24) is 5.06 Å². The van der Waals surface area contributed by atoms with Crippen LogP contribution in [-0.4, -0.2) is 35.9 Å². The van der Waals surface area contributed by atoms with Gasteiger partial charge in [0.25, 0.3) is 11.8 Å². The maximum Gasteiger partial charge on any atom is 0.333 e. The normalized spacial score (nSPS) is 15.6. The van der Waals surface area contributed by atoms with E-state index < -0.39 is 29.2 Å². The zero-order valence-corrected chi connectivity index (χ0v) is 11.2. The Kier molecular flexibility index (Phi) is 4.63. The van der Waals surface area contributed by atoms with E-state index in [2.05, 4.69) is 4.74 Å². The van der Waals surface area contributed by atoms with Gasteiger partial charge in [-0.05, 0) is 5.41 Å². The molecule has 0 unspecified atom stereocenters. The third-order valence-corrected chi connectivity index (χ3v) is 2.67. The molecule has 0 aliphatic carbocycles. The van der Waals surface area contributed by atoms with Gasteiger partial charge in [-0.25, -0.2) is 4.79 Å². The summed E-state index contributed by atoms with van der Waals surface area (Å²) < 4.78 is 4.53. The molecule has 2 amide bonds. The van der Waals surface area contributed by atoms with Crippen LogP contribution in [0.4, 0.5) is 0 Å². The number of imide groups is 1. The van der Waals surface area contributed by atoms with E-state index in [1.54, 1.807) is 13.8 Å². The van der Waals surface area contributed by atoms with Gasteiger partial charge in [-0.3, -0.25) is 14.4 Å². The molecular formula is C12H17NO6. The van der Waals surface area contributed by atoms with E-state index in [9.17, 15) is 19.2 Å². The Bertz CT molecular complexity index is 398. The van der Waals surface area contributed by atoms with Crippen molar-refractivity contribution in [3.63, 3.8) is 0 Å². The highest BCUT2D eigenvalue weighted by atomic mass is 16.7. The molecule has 106 valence electrons. The molecule has 7 nitrogen and oxygen atoms in total. The molecule has 1 rings (SSSR count). The molecule has 0 radical (unpaired) electrons. The maximum atomic E-state index is 11.7. The molecule has 1 aliphatic rings. The zero-order valence-electron chi connectivity index (χ0n) is 11.2. The molecule has 0 spiro atoms. The molecule has 0 aromatic carbocycles. The summed E-state index contributed by atoms with van der Waals surface area (Å²) in [5.74, 6) is -2.21. The Morgan fingerprint density at radius 1 is 1.11 bits per heavy atom. The molecule has 1 aliphatic heterocycles. The van der Waals surface area contributed by atoms with E-state index in [0.717, 1.165) is 0 Å². The number of hydrogen-bond donors (Lipinski definition) is 0. The maximum absolute atomic E-state index is 11.7. The van der Waals surface area contributed by atoms with Gasteiger partial charge in [0.05, 0.1) is 20.0 Å². The van der Waals surface area contributed by atoms with Gasteiger partial charge in [-0.15, -0.1) is 5.06 Å². The van der Waals surface area contributed by atoms with E-state index in [4.69, 9.17) is 4.84 Å². The van der Waals surface area contributed by atoms with Crippen LogP contribution in [0, 0.1) is 5.41 Å². The van der Waals surface area contributed by atoms with Crippen molar-refractivity contribution >= 4 is 23.8 Å². The number of hydroxylamine groups is 2. The van der Waals surface area contributed by atoms with E-state index in [1.165, 1.54) is 7.11 Å². The number of amides is 2. The van der Waals surface area contributed by atoms with Crippen LogP contribution in [-0.2, 0) is 28.8 Å². The first-order chi connectivity index (χ1) is 8.75. The largest absolute Gasteiger partial charge is 0.469 e. The highest BCUT2D eigenvalue weighted by Gasteiger charge is 2.34. The second-order valence-electron chi connectivity index (χ2n) is 5.14. The second-order valence-corrected chi connectivity index (χ2v) is 5.14. The number of methoxy groups -OCH3 is 1. The Hall–Kier alpha value is -1.92. The summed E-state index contributed by atoms with van der Waals surface area (Å²) in [4.78, 5) is 50.1. The summed E-state index contributed by atoms with van der Waals surface area (Å²) >= 11 is 0. The van der Waals surface area contributed by atoms with Gasteiger partial charge in [0, 0.05) is 12.8 Å². The van der Waals surface area contributed by atoms with Gasteiger partial charge in [0.1, 0.15) is 0 Å². The van der Waals surface area contributed by atoms with E-state index >= 15 is 0 Å². The highest BCUT2D eigenvalue weighted by molar-refractivity contribution is 6.01. The lowest BCUT2D eigenvalue weighted by Gasteiger charge is -2.22. The molecule has 1 heterocycles. The molecule has 0 saturated carbocycles. The fraction of sp³-hybridized carbons (Fsp3) is 0.667.